The molecule has 1 heterocycles. The molecule has 1 aromatic heterocycles. The topological polar surface area (TPSA) is 33.0 Å². The molecule has 0 fully saturated rings. The molecule has 1 N–H and O–H groups in total. The number of hydrogen-bond acceptors (Lipinski definition) is 1. The van der Waals surface area contributed by atoms with E-state index < -0.39 is 0 Å². The van der Waals surface area contributed by atoms with Gasteiger partial charge in [-0.15, -0.1) is 0 Å². The van der Waals surface area contributed by atoms with Crippen LogP contribution in [0.25, 0.3) is 0 Å². The number of rotatable bonds is 6. The van der Waals surface area contributed by atoms with E-state index in [1.165, 1.54) is 5.56 Å². The Kier molecular flexibility index (Phi) is 6.00. The maximum Gasteiger partial charge on any atom is 0.216 e. The zero-order valence-corrected chi connectivity index (χ0v) is 16.3. The van der Waals surface area contributed by atoms with Crippen LogP contribution in [0, 0.1) is 5.41 Å². The van der Waals surface area contributed by atoms with Gasteiger partial charge in [0.15, 0.2) is 17.9 Å². The third kappa shape index (κ3) is 6.32. The number of nitrogens with zero attached hydrogens (tertiary/aromatic N) is 1. The molecule has 0 aromatic carbocycles. The minimum absolute atomic E-state index is 0.0187. The van der Waals surface area contributed by atoms with Gasteiger partial charge in [-0.2, -0.15) is 0 Å². The maximum atomic E-state index is 11.0. The molecule has 130 valence electrons. The Labute approximate surface area is 142 Å². The van der Waals surface area contributed by atoms with Crippen molar-refractivity contribution in [3.63, 3.8) is 0 Å². The smallest absolute Gasteiger partial charge is 0.216 e. The lowest BCUT2D eigenvalue weighted by molar-refractivity contribution is -0.758. The van der Waals surface area contributed by atoms with Crippen molar-refractivity contribution in [1.29, 1.82) is 0 Å². The summed E-state index contributed by atoms with van der Waals surface area (Å²) in [5, 5.41) is 2.88. The first-order chi connectivity index (χ1) is 10.3. The molecule has 23 heavy (non-hydrogen) atoms. The van der Waals surface area contributed by atoms with Gasteiger partial charge in [-0.1, -0.05) is 34.6 Å². The van der Waals surface area contributed by atoms with Crippen molar-refractivity contribution in [2.75, 3.05) is 6.54 Å². The van der Waals surface area contributed by atoms with E-state index in [0.29, 0.717) is 12.0 Å². The quantitative estimate of drug-likeness (QED) is 0.791. The molecule has 0 aliphatic rings. The Bertz CT molecular complexity index is 522. The molecule has 0 aliphatic carbocycles. The summed E-state index contributed by atoms with van der Waals surface area (Å²) in [6.45, 7) is 18.2. The Morgan fingerprint density at radius 2 is 1.57 bits per heavy atom. The Hall–Kier alpha value is -1.38. The van der Waals surface area contributed by atoms with Crippen LogP contribution in [0.3, 0.4) is 0 Å². The summed E-state index contributed by atoms with van der Waals surface area (Å²) in [4.78, 5) is 11.0. The molecule has 0 aliphatic heterocycles. The number of amides is 1. The maximum absolute atomic E-state index is 11.0. The average Bonchev–Trinajstić information content (AvgIpc) is 2.35. The molecule has 0 unspecified atom stereocenters. The van der Waals surface area contributed by atoms with Crippen molar-refractivity contribution < 1.29 is 9.36 Å². The zero-order chi connectivity index (χ0) is 17.9. The van der Waals surface area contributed by atoms with Crippen molar-refractivity contribution in [2.45, 2.75) is 79.2 Å². The lowest BCUT2D eigenvalue weighted by Crippen LogP contribution is -2.53. The van der Waals surface area contributed by atoms with Crippen LogP contribution in [0.15, 0.2) is 24.5 Å². The van der Waals surface area contributed by atoms with Crippen LogP contribution in [0.5, 0.6) is 0 Å². The Morgan fingerprint density at radius 1 is 1.04 bits per heavy atom. The van der Waals surface area contributed by atoms with Crippen molar-refractivity contribution in [3.05, 3.63) is 30.1 Å². The summed E-state index contributed by atoms with van der Waals surface area (Å²) < 4.78 is 2.24. The molecule has 0 saturated carbocycles. The van der Waals surface area contributed by atoms with Crippen LogP contribution in [0.2, 0.25) is 0 Å². The highest BCUT2D eigenvalue weighted by molar-refractivity contribution is 5.72. The van der Waals surface area contributed by atoms with E-state index in [2.05, 4.69) is 82.9 Å². The number of pyridine rings is 1. The zero-order valence-electron chi connectivity index (χ0n) is 16.3. The summed E-state index contributed by atoms with van der Waals surface area (Å²) >= 11 is 0. The highest BCUT2D eigenvalue weighted by atomic mass is 16.1. The van der Waals surface area contributed by atoms with Crippen molar-refractivity contribution in [2.24, 2.45) is 5.41 Å². The number of carbonyl (C=O) groups excluding carboxylic acids is 1. The largest absolute Gasteiger partial charge is 0.356 e. The normalized spacial score (nSPS) is 13.0. The van der Waals surface area contributed by atoms with Gasteiger partial charge >= 0.3 is 0 Å². The highest BCUT2D eigenvalue weighted by Gasteiger charge is 2.31. The molecule has 1 amide bonds. The van der Waals surface area contributed by atoms with Crippen LogP contribution in [0.4, 0.5) is 0 Å². The fourth-order valence-corrected chi connectivity index (χ4v) is 3.38. The van der Waals surface area contributed by atoms with Crippen LogP contribution < -0.4 is 9.88 Å². The molecular formula is C20H35N2O+. The van der Waals surface area contributed by atoms with E-state index in [9.17, 15) is 4.79 Å². The molecule has 0 atom stereocenters. The SMILES string of the molecule is CC(=O)NCCC(C)(C)[n+]1ccc(C(C)(C)CC(C)(C)C)cc1. The molecule has 3 heteroatoms. The predicted octanol–water partition coefficient (Wildman–Crippen LogP) is 3.95. The monoisotopic (exact) mass is 319 g/mol. The lowest BCUT2D eigenvalue weighted by atomic mass is 9.72. The molecule has 1 rings (SSSR count). The van der Waals surface area contributed by atoms with Gasteiger partial charge in [0.25, 0.3) is 0 Å². The second-order valence-corrected chi connectivity index (χ2v) is 9.16. The first-order valence-electron chi connectivity index (χ1n) is 8.60. The number of nitrogens with one attached hydrogen (secondary N) is 1. The summed E-state index contributed by atoms with van der Waals surface area (Å²) in [6, 6.07) is 4.48. The molecular weight excluding hydrogens is 284 g/mol. The summed E-state index contributed by atoms with van der Waals surface area (Å²) in [7, 11) is 0. The molecule has 1 aromatic rings. The van der Waals surface area contributed by atoms with Crippen LogP contribution in [-0.2, 0) is 15.7 Å². The number of hydrogen-bond donors (Lipinski definition) is 1. The van der Waals surface area contributed by atoms with Gasteiger partial charge < -0.3 is 5.32 Å². The van der Waals surface area contributed by atoms with Crippen molar-refractivity contribution in [1.82, 2.24) is 5.32 Å². The second-order valence-electron chi connectivity index (χ2n) is 9.16. The summed E-state index contributed by atoms with van der Waals surface area (Å²) in [5.41, 5.74) is 1.83. The summed E-state index contributed by atoms with van der Waals surface area (Å²) in [6.07, 6.45) is 6.40. The standard InChI is InChI=1S/C20H34N2O/c1-16(23)21-12-11-20(7,8)22-13-9-17(10-14-22)19(5,6)15-18(2,3)4/h9-10,13-14H,11-12,15H2,1-8H3/p+1. The molecule has 0 saturated heterocycles. The van der Waals surface area contributed by atoms with Crippen molar-refractivity contribution >= 4 is 5.91 Å². The minimum Gasteiger partial charge on any atom is -0.356 e. The predicted molar refractivity (Wildman–Crippen MR) is 96.4 cm³/mol. The van der Waals surface area contributed by atoms with E-state index in [4.69, 9.17) is 0 Å². The molecule has 0 bridgehead atoms. The van der Waals surface area contributed by atoms with Gasteiger partial charge in [0.2, 0.25) is 5.91 Å². The average molecular weight is 320 g/mol. The molecule has 0 spiro atoms. The van der Waals surface area contributed by atoms with Gasteiger partial charge in [-0.3, -0.25) is 4.79 Å². The second kappa shape index (κ2) is 7.02. The molecule has 0 radical (unpaired) electrons. The number of carbonyl (C=O) groups is 1. The summed E-state index contributed by atoms with van der Waals surface area (Å²) in [5.74, 6) is 0.0325. The minimum atomic E-state index is -0.0187. The lowest BCUT2D eigenvalue weighted by Gasteiger charge is -2.32. The Balaban J connectivity index is 2.84. The van der Waals surface area contributed by atoms with E-state index in [-0.39, 0.29) is 16.9 Å². The third-order valence-electron chi connectivity index (χ3n) is 4.39. The number of aromatic nitrogens is 1. The van der Waals surface area contributed by atoms with Gasteiger partial charge in [0.05, 0.1) is 0 Å². The van der Waals surface area contributed by atoms with E-state index >= 15 is 0 Å². The highest BCUT2D eigenvalue weighted by Crippen LogP contribution is 2.35. The third-order valence-corrected chi connectivity index (χ3v) is 4.39. The fraction of sp³-hybridized carbons (Fsp3) is 0.700. The van der Waals surface area contributed by atoms with Gasteiger partial charge in [0, 0.05) is 45.9 Å². The van der Waals surface area contributed by atoms with Crippen LogP contribution >= 0.6 is 0 Å². The first-order valence-corrected chi connectivity index (χ1v) is 8.60. The van der Waals surface area contributed by atoms with Crippen molar-refractivity contribution in [3.8, 4) is 0 Å². The van der Waals surface area contributed by atoms with Crippen LogP contribution in [-0.4, -0.2) is 12.5 Å². The van der Waals surface area contributed by atoms with Gasteiger partial charge in [-0.05, 0) is 22.8 Å². The fourth-order valence-electron chi connectivity index (χ4n) is 3.38. The first kappa shape index (κ1) is 19.7. The van der Waals surface area contributed by atoms with E-state index in [0.717, 1.165) is 12.8 Å². The van der Waals surface area contributed by atoms with Gasteiger partial charge in [0.1, 0.15) is 0 Å². The van der Waals surface area contributed by atoms with E-state index in [1.54, 1.807) is 6.92 Å². The molecule has 3 nitrogen and oxygen atoms in total. The van der Waals surface area contributed by atoms with E-state index in [1.807, 2.05) is 0 Å². The Morgan fingerprint density at radius 3 is 2.00 bits per heavy atom. The van der Waals surface area contributed by atoms with Gasteiger partial charge in [-0.25, -0.2) is 4.57 Å². The van der Waals surface area contributed by atoms with Crippen LogP contribution in [0.1, 0.15) is 73.8 Å².